The molecule has 1 aromatic carbocycles. The fraction of sp³-hybridized carbons (Fsp3) is 0.600. The van der Waals surface area contributed by atoms with Gasteiger partial charge in [-0.05, 0) is 55.7 Å². The highest BCUT2D eigenvalue weighted by Crippen LogP contribution is 2.36. The van der Waals surface area contributed by atoms with E-state index in [1.807, 2.05) is 17.8 Å². The number of halogens is 1. The van der Waals surface area contributed by atoms with Gasteiger partial charge in [0.2, 0.25) is 0 Å². The number of fused-ring (bicyclic) bond motifs is 1. The van der Waals surface area contributed by atoms with Crippen LogP contribution in [0.1, 0.15) is 37.8 Å². The molecule has 2 nitrogen and oxygen atoms in total. The van der Waals surface area contributed by atoms with Crippen LogP contribution in [-0.2, 0) is 4.74 Å². The molecular weight excluding hydrogens is 261 g/mol. The van der Waals surface area contributed by atoms with Gasteiger partial charge in [0.25, 0.3) is 0 Å². The van der Waals surface area contributed by atoms with Gasteiger partial charge in [-0.3, -0.25) is 0 Å². The fourth-order valence-corrected chi connectivity index (χ4v) is 3.99. The zero-order valence-electron chi connectivity index (χ0n) is 11.2. The van der Waals surface area contributed by atoms with Crippen LogP contribution < -0.4 is 5.32 Å². The van der Waals surface area contributed by atoms with Crippen LogP contribution in [0.15, 0.2) is 23.1 Å². The molecule has 0 aromatic heterocycles. The van der Waals surface area contributed by atoms with Crippen LogP contribution >= 0.6 is 11.8 Å². The van der Waals surface area contributed by atoms with E-state index in [-0.39, 0.29) is 11.9 Å². The first-order chi connectivity index (χ1) is 9.22. The Hall–Kier alpha value is -0.580. The van der Waals surface area contributed by atoms with Gasteiger partial charge in [-0.25, -0.2) is 4.39 Å². The maximum Gasteiger partial charge on any atom is 0.123 e. The van der Waals surface area contributed by atoms with Crippen LogP contribution in [0.5, 0.6) is 0 Å². The number of benzene rings is 1. The molecule has 1 N–H and O–H groups in total. The van der Waals surface area contributed by atoms with E-state index < -0.39 is 0 Å². The quantitative estimate of drug-likeness (QED) is 0.916. The number of hydrogen-bond donors (Lipinski definition) is 1. The number of nitrogens with one attached hydrogen (secondary N) is 1. The molecule has 0 bridgehead atoms. The summed E-state index contributed by atoms with van der Waals surface area (Å²) >= 11 is 1.82. The van der Waals surface area contributed by atoms with Crippen molar-refractivity contribution in [2.45, 2.75) is 49.3 Å². The molecule has 0 saturated carbocycles. The molecule has 1 saturated heterocycles. The average Bonchev–Trinajstić information content (AvgIpc) is 2.82. The molecule has 1 fully saturated rings. The lowest BCUT2D eigenvalue weighted by Gasteiger charge is -2.27. The predicted octanol–water partition coefficient (Wildman–Crippen LogP) is 3.52. The van der Waals surface area contributed by atoms with Crippen molar-refractivity contribution in [3.63, 3.8) is 0 Å². The van der Waals surface area contributed by atoms with Gasteiger partial charge in [-0.15, -0.1) is 11.8 Å². The summed E-state index contributed by atoms with van der Waals surface area (Å²) in [6, 6.07) is 5.40. The highest BCUT2D eigenvalue weighted by atomic mass is 32.2. The Balaban J connectivity index is 1.64. The van der Waals surface area contributed by atoms with Gasteiger partial charge in [-0.1, -0.05) is 0 Å². The molecule has 3 atom stereocenters. The lowest BCUT2D eigenvalue weighted by Crippen LogP contribution is -2.32. The van der Waals surface area contributed by atoms with Gasteiger partial charge >= 0.3 is 0 Å². The maximum absolute atomic E-state index is 13.4. The van der Waals surface area contributed by atoms with E-state index in [1.165, 1.54) is 4.90 Å². The Morgan fingerprint density at radius 1 is 1.37 bits per heavy atom. The zero-order chi connectivity index (χ0) is 13.2. The van der Waals surface area contributed by atoms with Crippen molar-refractivity contribution in [1.29, 1.82) is 0 Å². The summed E-state index contributed by atoms with van der Waals surface area (Å²) < 4.78 is 19.2. The van der Waals surface area contributed by atoms with Gasteiger partial charge in [-0.2, -0.15) is 0 Å². The fourth-order valence-electron chi connectivity index (χ4n) is 2.89. The van der Waals surface area contributed by atoms with Crippen molar-refractivity contribution in [3.8, 4) is 0 Å². The molecule has 3 unspecified atom stereocenters. The summed E-state index contributed by atoms with van der Waals surface area (Å²) in [7, 11) is 0. The molecule has 0 aliphatic carbocycles. The van der Waals surface area contributed by atoms with Crippen molar-refractivity contribution in [1.82, 2.24) is 5.32 Å². The molecule has 0 radical (unpaired) electrons. The smallest absolute Gasteiger partial charge is 0.123 e. The van der Waals surface area contributed by atoms with Crippen molar-refractivity contribution in [2.75, 3.05) is 12.3 Å². The molecule has 2 heterocycles. The van der Waals surface area contributed by atoms with Crippen LogP contribution in [0.25, 0.3) is 0 Å². The molecule has 0 amide bonds. The second kappa shape index (κ2) is 5.81. The molecule has 104 valence electrons. The van der Waals surface area contributed by atoms with E-state index in [0.717, 1.165) is 37.1 Å². The Labute approximate surface area is 118 Å². The molecule has 2 aliphatic heterocycles. The second-order valence-corrected chi connectivity index (χ2v) is 6.56. The van der Waals surface area contributed by atoms with Crippen LogP contribution in [0.3, 0.4) is 0 Å². The minimum atomic E-state index is -0.140. The lowest BCUT2D eigenvalue weighted by atomic mass is 10.0. The van der Waals surface area contributed by atoms with Crippen LogP contribution in [0.2, 0.25) is 0 Å². The second-order valence-electron chi connectivity index (χ2n) is 5.43. The largest absolute Gasteiger partial charge is 0.374 e. The van der Waals surface area contributed by atoms with Gasteiger partial charge < -0.3 is 10.1 Å². The topological polar surface area (TPSA) is 21.3 Å². The number of hydrogen-bond acceptors (Lipinski definition) is 3. The van der Waals surface area contributed by atoms with E-state index >= 15 is 0 Å². The summed E-state index contributed by atoms with van der Waals surface area (Å²) in [4.78, 5) is 1.21. The highest BCUT2D eigenvalue weighted by Gasteiger charge is 2.25. The van der Waals surface area contributed by atoms with E-state index in [4.69, 9.17) is 4.74 Å². The maximum atomic E-state index is 13.4. The molecular formula is C15H20FNOS. The first-order valence-corrected chi connectivity index (χ1v) is 8.02. The lowest BCUT2D eigenvalue weighted by molar-refractivity contribution is 0.0541. The Morgan fingerprint density at radius 2 is 2.26 bits per heavy atom. The third kappa shape index (κ3) is 3.12. The molecule has 2 aliphatic rings. The molecule has 4 heteroatoms. The van der Waals surface area contributed by atoms with Crippen molar-refractivity contribution >= 4 is 11.8 Å². The molecule has 3 rings (SSSR count). The first kappa shape index (κ1) is 13.4. The normalized spacial score (nSPS) is 30.3. The minimum absolute atomic E-state index is 0.140. The van der Waals surface area contributed by atoms with E-state index in [0.29, 0.717) is 12.2 Å². The predicted molar refractivity (Wildman–Crippen MR) is 76.1 cm³/mol. The molecule has 1 aromatic rings. The van der Waals surface area contributed by atoms with Crippen LogP contribution in [-0.4, -0.2) is 24.5 Å². The number of thioether (sulfide) groups is 1. The van der Waals surface area contributed by atoms with Gasteiger partial charge in [0.05, 0.1) is 12.2 Å². The summed E-state index contributed by atoms with van der Waals surface area (Å²) in [6.07, 6.45) is 4.05. The SMILES string of the molecule is CC1CCC(CNC2CCSc3ccc(F)cc32)O1. The van der Waals surface area contributed by atoms with Gasteiger partial charge in [0.1, 0.15) is 5.82 Å². The standard InChI is InChI=1S/C15H20FNOS/c1-10-2-4-12(18-10)9-17-14-6-7-19-15-5-3-11(16)8-13(14)15/h3,5,8,10,12,14,17H,2,4,6-7,9H2,1H3. The van der Waals surface area contributed by atoms with E-state index in [9.17, 15) is 4.39 Å². The van der Waals surface area contributed by atoms with Crippen LogP contribution in [0.4, 0.5) is 4.39 Å². The monoisotopic (exact) mass is 281 g/mol. The van der Waals surface area contributed by atoms with Crippen molar-refractivity contribution < 1.29 is 9.13 Å². The van der Waals surface area contributed by atoms with Gasteiger partial charge in [0.15, 0.2) is 0 Å². The molecule has 19 heavy (non-hydrogen) atoms. The first-order valence-electron chi connectivity index (χ1n) is 7.03. The third-order valence-corrected chi connectivity index (χ3v) is 5.05. The Kier molecular flexibility index (Phi) is 4.10. The Bertz CT molecular complexity index is 454. The van der Waals surface area contributed by atoms with E-state index in [2.05, 4.69) is 12.2 Å². The summed E-state index contributed by atoms with van der Waals surface area (Å²) in [5.41, 5.74) is 1.11. The summed E-state index contributed by atoms with van der Waals surface area (Å²) in [5.74, 6) is 0.955. The zero-order valence-corrected chi connectivity index (χ0v) is 12.0. The van der Waals surface area contributed by atoms with E-state index in [1.54, 1.807) is 12.1 Å². The van der Waals surface area contributed by atoms with Crippen LogP contribution in [0, 0.1) is 5.82 Å². The van der Waals surface area contributed by atoms with Gasteiger partial charge in [0, 0.05) is 17.5 Å². The number of ether oxygens (including phenoxy) is 1. The summed E-state index contributed by atoms with van der Waals surface area (Å²) in [5, 5.41) is 3.56. The van der Waals surface area contributed by atoms with Crippen molar-refractivity contribution in [3.05, 3.63) is 29.6 Å². The number of rotatable bonds is 3. The van der Waals surface area contributed by atoms with Crippen molar-refractivity contribution in [2.24, 2.45) is 0 Å². The average molecular weight is 281 g/mol. The Morgan fingerprint density at radius 3 is 3.05 bits per heavy atom. The summed E-state index contributed by atoms with van der Waals surface area (Å²) in [6.45, 7) is 3.00. The minimum Gasteiger partial charge on any atom is -0.374 e. The molecule has 0 spiro atoms. The highest BCUT2D eigenvalue weighted by molar-refractivity contribution is 7.99. The third-order valence-electron chi connectivity index (χ3n) is 3.92.